The number of nitriles is 1. The van der Waals surface area contributed by atoms with Gasteiger partial charge in [-0.15, -0.1) is 10.2 Å². The van der Waals surface area contributed by atoms with Crippen LogP contribution in [0.15, 0.2) is 107 Å². The first-order chi connectivity index (χ1) is 32.0. The minimum Gasteiger partial charge on any atom is -0.338 e. The molecule has 4 heterocycles. The lowest BCUT2D eigenvalue weighted by atomic mass is 9.98. The molecule has 9 rings (SSSR count). The number of anilines is 5. The summed E-state index contributed by atoms with van der Waals surface area (Å²) in [6.45, 7) is 15.0. The second kappa shape index (κ2) is 18.8. The largest absolute Gasteiger partial charge is 0.338 e. The van der Waals surface area contributed by atoms with Crippen molar-refractivity contribution in [3.63, 3.8) is 0 Å². The van der Waals surface area contributed by atoms with E-state index in [1.807, 2.05) is 79.7 Å². The quantitative estimate of drug-likeness (QED) is 0.114. The van der Waals surface area contributed by atoms with Crippen LogP contribution in [-0.4, -0.2) is 24.7 Å². The van der Waals surface area contributed by atoms with E-state index in [1.165, 1.54) is 33.6 Å². The monoisotopic (exact) mass is 944 g/mol. The van der Waals surface area contributed by atoms with Crippen molar-refractivity contribution in [3.8, 4) is 22.5 Å². The third kappa shape index (κ3) is 8.56. The molecule has 0 spiro atoms. The predicted octanol–water partition coefficient (Wildman–Crippen LogP) is 16.1. The lowest BCUT2D eigenvalue weighted by molar-refractivity contribution is 0.866. The van der Waals surface area contributed by atoms with Crippen LogP contribution in [0.25, 0.3) is 36.8 Å². The van der Waals surface area contributed by atoms with Gasteiger partial charge in [-0.3, -0.25) is 4.90 Å². The molecule has 0 amide bonds. The van der Waals surface area contributed by atoms with E-state index in [-0.39, 0.29) is 11.4 Å². The van der Waals surface area contributed by atoms with Crippen LogP contribution in [0.2, 0.25) is 10.0 Å². The molecule has 5 aromatic carbocycles. The lowest BCUT2D eigenvalue weighted by Gasteiger charge is -2.28. The average Bonchev–Trinajstić information content (AvgIpc) is 4.04. The summed E-state index contributed by atoms with van der Waals surface area (Å²) in [7, 11) is 0. The van der Waals surface area contributed by atoms with Gasteiger partial charge in [0, 0.05) is 21.3 Å². The fourth-order valence-corrected chi connectivity index (χ4v) is 10.6. The summed E-state index contributed by atoms with van der Waals surface area (Å²) in [5, 5.41) is 32.1. The van der Waals surface area contributed by atoms with Gasteiger partial charge in [-0.2, -0.15) is 15.0 Å². The van der Waals surface area contributed by atoms with Gasteiger partial charge in [0.15, 0.2) is 16.8 Å². The Morgan fingerprint density at radius 2 is 1.29 bits per heavy atom. The third-order valence-corrected chi connectivity index (χ3v) is 14.1. The Bertz CT molecular complexity index is 3330. The molecule has 9 aromatic rings. The van der Waals surface area contributed by atoms with Gasteiger partial charge < -0.3 is 5.32 Å². The maximum absolute atomic E-state index is 10.8. The SMILES string of the molecule is CCc1cc(C)cc(CC)c1Nc1nc(N(c2nc3cc(Cl)ccc3s2)c2c(CC)cc(C)cc2CC)cc(C)c1N=Nc1c(C#N)c(-c2ccccc2)nn1-c1nc2cc(Cl)ccc2s1. The summed E-state index contributed by atoms with van der Waals surface area (Å²) < 4.78 is 3.53. The van der Waals surface area contributed by atoms with Gasteiger partial charge in [-0.05, 0) is 117 Å². The summed E-state index contributed by atoms with van der Waals surface area (Å²) in [4.78, 5) is 17.8. The van der Waals surface area contributed by atoms with Gasteiger partial charge >= 0.3 is 0 Å². The molecule has 1 N–H and O–H groups in total. The van der Waals surface area contributed by atoms with Crippen LogP contribution in [-0.2, 0) is 25.7 Å². The topological polar surface area (TPSA) is 120 Å². The molecule has 0 bridgehead atoms. The first kappa shape index (κ1) is 44.7. The van der Waals surface area contributed by atoms with E-state index < -0.39 is 0 Å². The fourth-order valence-electron chi connectivity index (χ4n) is 8.42. The molecular formula is C52H46Cl2N10S2. The molecule has 14 heteroatoms. The first-order valence-electron chi connectivity index (χ1n) is 22.0. The Hall–Kier alpha value is -6.49. The van der Waals surface area contributed by atoms with Crippen molar-refractivity contribution in [3.05, 3.63) is 152 Å². The van der Waals surface area contributed by atoms with E-state index in [1.54, 1.807) is 16.0 Å². The molecule has 4 aromatic heterocycles. The number of benzene rings is 5. The van der Waals surface area contributed by atoms with E-state index in [0.29, 0.717) is 43.7 Å². The molecule has 330 valence electrons. The normalized spacial score (nSPS) is 11.6. The zero-order chi connectivity index (χ0) is 46.2. The van der Waals surface area contributed by atoms with Gasteiger partial charge in [0.2, 0.25) is 5.13 Å². The Balaban J connectivity index is 1.30. The third-order valence-electron chi connectivity index (χ3n) is 11.6. The minimum absolute atomic E-state index is 0.240. The van der Waals surface area contributed by atoms with E-state index >= 15 is 0 Å². The maximum Gasteiger partial charge on any atom is 0.213 e. The van der Waals surface area contributed by atoms with Crippen molar-refractivity contribution in [2.24, 2.45) is 10.2 Å². The summed E-state index contributed by atoms with van der Waals surface area (Å²) in [6.07, 6.45) is 3.21. The van der Waals surface area contributed by atoms with Crippen molar-refractivity contribution in [2.45, 2.75) is 74.1 Å². The number of hydrogen-bond acceptors (Lipinski definition) is 11. The second-order valence-electron chi connectivity index (χ2n) is 16.1. The zero-order valence-electron chi connectivity index (χ0n) is 37.7. The summed E-state index contributed by atoms with van der Waals surface area (Å²) in [5.74, 6) is 1.41. The molecule has 0 unspecified atom stereocenters. The maximum atomic E-state index is 10.8. The number of aromatic nitrogens is 5. The van der Waals surface area contributed by atoms with Crippen LogP contribution in [0.4, 0.5) is 39.6 Å². The molecule has 0 atom stereocenters. The van der Waals surface area contributed by atoms with E-state index in [2.05, 4.69) is 82.1 Å². The van der Waals surface area contributed by atoms with Crippen LogP contribution in [0.5, 0.6) is 0 Å². The molecule has 10 nitrogen and oxygen atoms in total. The predicted molar refractivity (Wildman–Crippen MR) is 275 cm³/mol. The van der Waals surface area contributed by atoms with E-state index in [9.17, 15) is 5.26 Å². The Morgan fingerprint density at radius 1 is 0.697 bits per heavy atom. The van der Waals surface area contributed by atoms with Gasteiger partial charge in [0.25, 0.3) is 0 Å². The van der Waals surface area contributed by atoms with E-state index in [4.69, 9.17) is 53.5 Å². The molecule has 0 aliphatic heterocycles. The number of aryl methyl sites for hydroxylation is 7. The molecule has 0 fully saturated rings. The molecule has 0 aliphatic carbocycles. The number of thiazole rings is 2. The molecule has 0 aliphatic rings. The highest BCUT2D eigenvalue weighted by molar-refractivity contribution is 7.22. The van der Waals surface area contributed by atoms with Crippen molar-refractivity contribution in [1.82, 2.24) is 24.7 Å². The van der Waals surface area contributed by atoms with E-state index in [0.717, 1.165) is 79.4 Å². The Morgan fingerprint density at radius 3 is 1.89 bits per heavy atom. The van der Waals surface area contributed by atoms with Crippen molar-refractivity contribution in [1.29, 1.82) is 5.26 Å². The number of nitrogens with zero attached hydrogens (tertiary/aromatic N) is 9. The molecule has 0 radical (unpaired) electrons. The standard InChI is InChI=1S/C52H46Cl2N10S2/c1-8-32-21-29(5)22-33(9-2)46(32)59-49-45(60-61-50-39(28-55)47(36-15-13-12-14-16-36)62-64(50)52-57-41-27-38(54)18-20-43(41)66-52)31(7)25-44(58-49)63(48-34(10-3)23-30(6)24-35(48)11-4)51-56-40-26-37(53)17-19-42(40)65-51/h12-27H,8-11H2,1-7H3,(H,58,59). The number of fused-ring (bicyclic) bond motifs is 2. The van der Waals surface area contributed by atoms with Crippen molar-refractivity contribution >= 4 is 106 Å². The number of halogens is 2. The van der Waals surface area contributed by atoms with Crippen LogP contribution < -0.4 is 10.2 Å². The first-order valence-corrected chi connectivity index (χ1v) is 24.4. The van der Waals surface area contributed by atoms with Gasteiger partial charge in [-0.25, -0.2) is 15.0 Å². The average molecular weight is 946 g/mol. The number of pyridine rings is 1. The van der Waals surface area contributed by atoms with Gasteiger partial charge in [-0.1, -0.05) is 139 Å². The number of nitrogens with one attached hydrogen (secondary N) is 1. The van der Waals surface area contributed by atoms with Crippen LogP contribution in [0.1, 0.15) is 72.2 Å². The Labute approximate surface area is 402 Å². The fraction of sp³-hybridized carbons (Fsp3) is 0.212. The van der Waals surface area contributed by atoms with Gasteiger partial charge in [0.1, 0.15) is 28.8 Å². The van der Waals surface area contributed by atoms with Crippen LogP contribution in [0.3, 0.4) is 0 Å². The number of hydrogen-bond donors (Lipinski definition) is 1. The van der Waals surface area contributed by atoms with Gasteiger partial charge in [0.05, 0.1) is 26.1 Å². The molecular weight excluding hydrogens is 900 g/mol. The van der Waals surface area contributed by atoms with Crippen molar-refractivity contribution in [2.75, 3.05) is 10.2 Å². The highest BCUT2D eigenvalue weighted by Gasteiger charge is 2.27. The zero-order valence-corrected chi connectivity index (χ0v) is 40.8. The summed E-state index contributed by atoms with van der Waals surface area (Å²) in [6, 6.07) is 34.4. The van der Waals surface area contributed by atoms with Crippen LogP contribution in [0, 0.1) is 32.1 Å². The van der Waals surface area contributed by atoms with Crippen molar-refractivity contribution < 1.29 is 0 Å². The molecule has 0 saturated heterocycles. The van der Waals surface area contributed by atoms with Crippen LogP contribution >= 0.6 is 45.9 Å². The molecule has 66 heavy (non-hydrogen) atoms. The second-order valence-corrected chi connectivity index (χ2v) is 19.0. The Kier molecular flexibility index (Phi) is 12.7. The molecule has 0 saturated carbocycles. The number of rotatable bonds is 13. The lowest BCUT2D eigenvalue weighted by Crippen LogP contribution is -2.17. The highest BCUT2D eigenvalue weighted by Crippen LogP contribution is 2.46. The summed E-state index contributed by atoms with van der Waals surface area (Å²) >= 11 is 15.9. The number of azo groups is 1. The smallest absolute Gasteiger partial charge is 0.213 e. The summed E-state index contributed by atoms with van der Waals surface area (Å²) in [5.41, 5.74) is 13.4. The minimum atomic E-state index is 0.240. The highest BCUT2D eigenvalue weighted by atomic mass is 35.5.